The van der Waals surface area contributed by atoms with Crippen LogP contribution in [0.4, 0.5) is 0 Å². The van der Waals surface area contributed by atoms with Gasteiger partial charge in [0, 0.05) is 6.54 Å². The molecule has 0 saturated heterocycles. The number of carboxylic acid groups (broad SMARTS) is 1. The monoisotopic (exact) mass is 210 g/mol. The van der Waals surface area contributed by atoms with Gasteiger partial charge in [-0.25, -0.2) is 4.79 Å². The number of rotatable bonds is 4. The van der Waals surface area contributed by atoms with E-state index in [2.05, 4.69) is 17.3 Å². The van der Waals surface area contributed by atoms with Crippen LogP contribution in [0.25, 0.3) is 0 Å². The van der Waals surface area contributed by atoms with E-state index in [0.717, 1.165) is 25.8 Å². The van der Waals surface area contributed by atoms with Gasteiger partial charge in [-0.2, -0.15) is 5.10 Å². The summed E-state index contributed by atoms with van der Waals surface area (Å²) in [6.45, 7) is 4.25. The maximum absolute atomic E-state index is 10.7. The quantitative estimate of drug-likeness (QED) is 0.438. The van der Waals surface area contributed by atoms with Gasteiger partial charge >= 0.3 is 5.97 Å². The lowest BCUT2D eigenvalue weighted by Gasteiger charge is -2.28. The van der Waals surface area contributed by atoms with Crippen LogP contribution in [0.3, 0.4) is 0 Å². The minimum atomic E-state index is -0.951. The van der Waals surface area contributed by atoms with E-state index in [1.54, 1.807) is 0 Å². The molecule has 1 aliphatic carbocycles. The SMILES string of the molecule is CCN(N=C(C)C(=O)O)C1C=CCCC1. The van der Waals surface area contributed by atoms with Crippen LogP contribution in [0.2, 0.25) is 0 Å². The number of hydrogen-bond donors (Lipinski definition) is 1. The van der Waals surface area contributed by atoms with Gasteiger partial charge in [0.2, 0.25) is 0 Å². The van der Waals surface area contributed by atoms with Crippen LogP contribution < -0.4 is 0 Å². The van der Waals surface area contributed by atoms with Crippen LogP contribution >= 0.6 is 0 Å². The summed E-state index contributed by atoms with van der Waals surface area (Å²) in [4.78, 5) is 10.7. The largest absolute Gasteiger partial charge is 0.477 e. The fraction of sp³-hybridized carbons (Fsp3) is 0.636. The van der Waals surface area contributed by atoms with Crippen LogP contribution in [0.5, 0.6) is 0 Å². The molecule has 0 bridgehead atoms. The molecule has 0 saturated carbocycles. The van der Waals surface area contributed by atoms with Crippen molar-refractivity contribution in [1.29, 1.82) is 0 Å². The Kier molecular flexibility index (Phi) is 4.34. The van der Waals surface area contributed by atoms with E-state index >= 15 is 0 Å². The maximum Gasteiger partial charge on any atom is 0.351 e. The second-order valence-corrected chi connectivity index (χ2v) is 3.67. The highest BCUT2D eigenvalue weighted by molar-refractivity contribution is 6.34. The third-order valence-corrected chi connectivity index (χ3v) is 2.52. The van der Waals surface area contributed by atoms with Crippen LogP contribution in [-0.2, 0) is 4.79 Å². The first-order valence-corrected chi connectivity index (χ1v) is 5.37. The zero-order valence-electron chi connectivity index (χ0n) is 9.31. The Labute approximate surface area is 90.3 Å². The molecule has 1 atom stereocenters. The van der Waals surface area contributed by atoms with E-state index < -0.39 is 5.97 Å². The Morgan fingerprint density at radius 3 is 2.87 bits per heavy atom. The van der Waals surface area contributed by atoms with Crippen molar-refractivity contribution < 1.29 is 9.90 Å². The minimum Gasteiger partial charge on any atom is -0.477 e. The lowest BCUT2D eigenvalue weighted by atomic mass is 10.0. The molecule has 0 aromatic heterocycles. The summed E-state index contributed by atoms with van der Waals surface area (Å²) in [6.07, 6.45) is 7.59. The molecule has 0 heterocycles. The average molecular weight is 210 g/mol. The lowest BCUT2D eigenvalue weighted by Crippen LogP contribution is -2.32. The van der Waals surface area contributed by atoms with Gasteiger partial charge in [0.1, 0.15) is 5.71 Å². The predicted molar refractivity (Wildman–Crippen MR) is 59.9 cm³/mol. The van der Waals surface area contributed by atoms with Gasteiger partial charge in [-0.05, 0) is 33.1 Å². The summed E-state index contributed by atoms with van der Waals surface area (Å²) in [5, 5.41) is 14.7. The smallest absolute Gasteiger partial charge is 0.351 e. The standard InChI is InChI=1S/C11H18N2O2/c1-3-13(12-9(2)11(14)15)10-7-5-4-6-8-10/h5,7,10H,3-4,6,8H2,1-2H3,(H,14,15). The van der Waals surface area contributed by atoms with E-state index in [1.807, 2.05) is 11.9 Å². The molecule has 4 nitrogen and oxygen atoms in total. The first-order valence-electron chi connectivity index (χ1n) is 5.37. The maximum atomic E-state index is 10.7. The molecular weight excluding hydrogens is 192 g/mol. The molecule has 0 aliphatic heterocycles. The molecule has 4 heteroatoms. The van der Waals surface area contributed by atoms with Crippen molar-refractivity contribution in [3.8, 4) is 0 Å². The molecule has 1 N–H and O–H groups in total. The zero-order valence-corrected chi connectivity index (χ0v) is 9.31. The van der Waals surface area contributed by atoms with Crippen molar-refractivity contribution in [1.82, 2.24) is 5.01 Å². The number of hydrazone groups is 1. The lowest BCUT2D eigenvalue weighted by molar-refractivity contribution is -0.129. The highest BCUT2D eigenvalue weighted by Gasteiger charge is 2.15. The van der Waals surface area contributed by atoms with Crippen molar-refractivity contribution >= 4 is 11.7 Å². The van der Waals surface area contributed by atoms with Gasteiger partial charge in [-0.15, -0.1) is 0 Å². The predicted octanol–water partition coefficient (Wildman–Crippen LogP) is 1.88. The number of carboxylic acids is 1. The normalized spacial score (nSPS) is 21.5. The number of carbonyl (C=O) groups is 1. The van der Waals surface area contributed by atoms with Gasteiger partial charge in [-0.3, -0.25) is 5.01 Å². The topological polar surface area (TPSA) is 52.9 Å². The van der Waals surface area contributed by atoms with Crippen molar-refractivity contribution in [2.24, 2.45) is 5.10 Å². The minimum absolute atomic E-state index is 0.149. The highest BCUT2D eigenvalue weighted by Crippen LogP contribution is 2.16. The Bertz CT molecular complexity index is 284. The average Bonchev–Trinajstić information content (AvgIpc) is 2.26. The van der Waals surface area contributed by atoms with E-state index in [-0.39, 0.29) is 11.8 Å². The summed E-state index contributed by atoms with van der Waals surface area (Å²) in [6, 6.07) is 0.262. The summed E-state index contributed by atoms with van der Waals surface area (Å²) in [5.41, 5.74) is 0.149. The second-order valence-electron chi connectivity index (χ2n) is 3.67. The van der Waals surface area contributed by atoms with E-state index in [0.29, 0.717) is 0 Å². The van der Waals surface area contributed by atoms with Gasteiger partial charge in [0.15, 0.2) is 0 Å². The first kappa shape index (κ1) is 11.8. The molecule has 0 aromatic carbocycles. The van der Waals surface area contributed by atoms with Gasteiger partial charge < -0.3 is 5.11 Å². The molecule has 84 valence electrons. The fourth-order valence-electron chi connectivity index (χ4n) is 1.66. The van der Waals surface area contributed by atoms with Gasteiger partial charge in [0.25, 0.3) is 0 Å². The molecule has 0 radical (unpaired) electrons. The van der Waals surface area contributed by atoms with Crippen molar-refractivity contribution in [2.45, 2.75) is 39.2 Å². The molecular formula is C11H18N2O2. The first-order chi connectivity index (χ1) is 7.15. The molecule has 0 spiro atoms. The number of likely N-dealkylation sites (N-methyl/N-ethyl adjacent to an activating group) is 1. The highest BCUT2D eigenvalue weighted by atomic mass is 16.4. The molecule has 15 heavy (non-hydrogen) atoms. The van der Waals surface area contributed by atoms with Crippen LogP contribution in [-0.4, -0.2) is 34.4 Å². The van der Waals surface area contributed by atoms with E-state index in [4.69, 9.17) is 5.11 Å². The molecule has 0 aromatic rings. The summed E-state index contributed by atoms with van der Waals surface area (Å²) >= 11 is 0. The van der Waals surface area contributed by atoms with Gasteiger partial charge in [0.05, 0.1) is 6.04 Å². The molecule has 1 aliphatic rings. The number of aliphatic carboxylic acids is 1. The van der Waals surface area contributed by atoms with Crippen LogP contribution in [0.15, 0.2) is 17.3 Å². The fourth-order valence-corrected chi connectivity index (χ4v) is 1.66. The molecule has 0 fully saturated rings. The molecule has 1 unspecified atom stereocenters. The van der Waals surface area contributed by atoms with Crippen molar-refractivity contribution in [2.75, 3.05) is 6.54 Å². The molecule has 0 amide bonds. The summed E-state index contributed by atoms with van der Waals surface area (Å²) < 4.78 is 0. The van der Waals surface area contributed by atoms with E-state index in [9.17, 15) is 4.79 Å². The second kappa shape index (κ2) is 5.53. The number of nitrogens with zero attached hydrogens (tertiary/aromatic N) is 2. The van der Waals surface area contributed by atoms with Crippen LogP contribution in [0, 0.1) is 0 Å². The Balaban J connectivity index is 2.70. The van der Waals surface area contributed by atoms with E-state index in [1.165, 1.54) is 6.92 Å². The third kappa shape index (κ3) is 3.38. The Morgan fingerprint density at radius 2 is 2.40 bits per heavy atom. The third-order valence-electron chi connectivity index (χ3n) is 2.52. The van der Waals surface area contributed by atoms with Crippen LogP contribution in [0.1, 0.15) is 33.1 Å². The zero-order chi connectivity index (χ0) is 11.3. The Hall–Kier alpha value is -1.32. The van der Waals surface area contributed by atoms with Crippen molar-refractivity contribution in [3.05, 3.63) is 12.2 Å². The number of allylic oxidation sites excluding steroid dienone is 1. The molecule has 1 rings (SSSR count). The van der Waals surface area contributed by atoms with Gasteiger partial charge in [-0.1, -0.05) is 12.2 Å². The Morgan fingerprint density at radius 1 is 1.67 bits per heavy atom. The van der Waals surface area contributed by atoms with Crippen molar-refractivity contribution in [3.63, 3.8) is 0 Å². The number of hydrogen-bond acceptors (Lipinski definition) is 3. The summed E-state index contributed by atoms with van der Waals surface area (Å²) in [5.74, 6) is -0.951. The summed E-state index contributed by atoms with van der Waals surface area (Å²) in [7, 11) is 0.